The number of nitrogens with one attached hydrogen (secondary N) is 4. The molecule has 0 aliphatic carbocycles. The first kappa shape index (κ1) is 60.4. The Morgan fingerprint density at radius 2 is 1.34 bits per heavy atom. The van der Waals surface area contributed by atoms with Gasteiger partial charge in [0.1, 0.15) is 94.3 Å². The van der Waals surface area contributed by atoms with Crippen LogP contribution in [0.3, 0.4) is 0 Å². The van der Waals surface area contributed by atoms with Crippen molar-refractivity contribution in [3.63, 3.8) is 0 Å². The summed E-state index contributed by atoms with van der Waals surface area (Å²) in [7, 11) is 0. The number of aliphatic hydroxyl groups is 1. The third-order valence-electron chi connectivity index (χ3n) is 14.1. The number of nitrogens with two attached hydrogens (primary N) is 2. The third-order valence-corrected chi connectivity index (χ3v) is 19.6. The molecule has 1 unspecified atom stereocenters. The number of pyridine rings is 1. The number of fused-ring (bicyclic) bond motifs is 16. The van der Waals surface area contributed by atoms with Crippen LogP contribution in [-0.4, -0.2) is 128 Å². The molecule has 2 aliphatic heterocycles. The number of primary amides is 2. The second-order valence-electron chi connectivity index (χ2n) is 20.1. The van der Waals surface area contributed by atoms with Gasteiger partial charge in [-0.1, -0.05) is 49.4 Å². The molecule has 0 radical (unpaired) electrons. The van der Waals surface area contributed by atoms with Crippen molar-refractivity contribution in [1.82, 2.24) is 61.1 Å². The van der Waals surface area contributed by atoms with Gasteiger partial charge in [0.25, 0.3) is 23.6 Å². The van der Waals surface area contributed by atoms with Gasteiger partial charge < -0.3 is 57.7 Å². The van der Waals surface area contributed by atoms with Crippen molar-refractivity contribution < 1.29 is 58.4 Å². The highest BCUT2D eigenvalue weighted by Crippen LogP contribution is 2.43. The quantitative estimate of drug-likeness (QED) is 0.0695. The normalized spacial score (nSPS) is 19.1. The number of benzene rings is 2. The highest BCUT2D eigenvalue weighted by atomic mass is 32.1. The first-order chi connectivity index (χ1) is 42.2. The molecule has 7 amide bonds. The highest BCUT2D eigenvalue weighted by molar-refractivity contribution is 7.15. The number of rotatable bonds is 11. The molecule has 88 heavy (non-hydrogen) atoms. The molecule has 32 heteroatoms. The molecule has 1 fully saturated rings. The zero-order valence-corrected chi connectivity index (χ0v) is 50.7. The maximum Gasteiger partial charge on any atom is 0.408 e. The minimum atomic E-state index is -1.47. The van der Waals surface area contributed by atoms with E-state index < -0.39 is 103 Å². The van der Waals surface area contributed by atoms with E-state index in [0.29, 0.717) is 64.4 Å². The zero-order valence-electron chi connectivity index (χ0n) is 45.8. The van der Waals surface area contributed by atoms with Gasteiger partial charge in [0, 0.05) is 56.2 Å². The Morgan fingerprint density at radius 1 is 0.693 bits per heavy atom. The maximum atomic E-state index is 15.2. The van der Waals surface area contributed by atoms with Crippen LogP contribution in [0, 0.1) is 12.8 Å². The number of carbonyl (C=O) groups excluding carboxylic acids is 7. The average molecular weight is 1300 g/mol. The molecule has 26 nitrogen and oxygen atoms in total. The minimum absolute atomic E-state index is 0.000927. The topological polar surface area (TPSA) is 400 Å². The van der Waals surface area contributed by atoms with Gasteiger partial charge in [-0.15, -0.1) is 68.0 Å². The van der Waals surface area contributed by atoms with E-state index in [2.05, 4.69) is 36.2 Å². The molecule has 9 aromatic rings. The maximum absolute atomic E-state index is 15.2. The lowest BCUT2D eigenvalue weighted by molar-refractivity contribution is -0.136. The molecule has 10 bridgehead atoms. The minimum Gasteiger partial charge on any atom is -0.508 e. The number of thiazole rings is 6. The molecule has 9 heterocycles. The van der Waals surface area contributed by atoms with Crippen molar-refractivity contribution in [2.45, 2.75) is 63.1 Å². The second kappa shape index (κ2) is 25.6. The van der Waals surface area contributed by atoms with Crippen molar-refractivity contribution in [2.24, 2.45) is 17.4 Å². The number of aromatic nitrogens is 7. The number of phenols is 1. The van der Waals surface area contributed by atoms with E-state index in [9.17, 15) is 48.9 Å². The van der Waals surface area contributed by atoms with Crippen molar-refractivity contribution in [3.05, 3.63) is 147 Å². The van der Waals surface area contributed by atoms with E-state index >= 15 is 4.79 Å². The molecule has 11 N–H and O–H groups in total. The number of nitrogens with zero attached hydrogens (tertiary/aromatic N) is 8. The molecule has 7 aromatic heterocycles. The molecule has 2 aliphatic rings. The van der Waals surface area contributed by atoms with Crippen LogP contribution in [0.4, 0.5) is 4.79 Å². The predicted molar refractivity (Wildman–Crippen MR) is 324 cm³/mol. The lowest BCUT2D eigenvalue weighted by atomic mass is 10.00. The van der Waals surface area contributed by atoms with Crippen molar-refractivity contribution in [2.75, 3.05) is 13.1 Å². The number of carbonyl (C=O) groups is 8. The fourth-order valence-corrected chi connectivity index (χ4v) is 15.0. The fourth-order valence-electron chi connectivity index (χ4n) is 9.73. The lowest BCUT2D eigenvalue weighted by Gasteiger charge is -2.29. The summed E-state index contributed by atoms with van der Waals surface area (Å²) >= 11 is 6.61. The Bertz CT molecular complexity index is 4180. The number of ether oxygens (including phenoxy) is 1. The van der Waals surface area contributed by atoms with Gasteiger partial charge >= 0.3 is 12.1 Å². The summed E-state index contributed by atoms with van der Waals surface area (Å²) < 4.78 is 5.89. The number of hydrogen-bond donors (Lipinski definition) is 9. The van der Waals surface area contributed by atoms with Gasteiger partial charge in [0.05, 0.1) is 30.3 Å². The largest absolute Gasteiger partial charge is 0.508 e. The molecule has 11 rings (SSSR count). The van der Waals surface area contributed by atoms with E-state index in [-0.39, 0.29) is 51.5 Å². The Balaban J connectivity index is 1.03. The van der Waals surface area contributed by atoms with Crippen LogP contribution < -0.4 is 32.7 Å². The number of aryl methyl sites for hydroxylation is 1. The summed E-state index contributed by atoms with van der Waals surface area (Å²) in [4.78, 5) is 144. The van der Waals surface area contributed by atoms with E-state index in [4.69, 9.17) is 36.1 Å². The third kappa shape index (κ3) is 13.0. The monoisotopic (exact) mass is 1300 g/mol. The number of hydrogen-bond acceptors (Lipinski definition) is 24. The van der Waals surface area contributed by atoms with Gasteiger partial charge in [-0.25, -0.2) is 39.7 Å². The molecular weight excluding hydrogens is 1250 g/mol. The van der Waals surface area contributed by atoms with Crippen LogP contribution in [0.15, 0.2) is 93.6 Å². The lowest BCUT2D eigenvalue weighted by Crippen LogP contribution is -2.50. The number of phenolic OH excluding ortho intramolecular Hbond substituents is 1. The summed E-state index contributed by atoms with van der Waals surface area (Å²) in [6.07, 6.45) is -4.24. The van der Waals surface area contributed by atoms with E-state index in [1.165, 1.54) is 55.8 Å². The van der Waals surface area contributed by atoms with Gasteiger partial charge in [0.2, 0.25) is 11.8 Å². The standard InChI is InChI=1S/C56H48N14O12S6/c1-23-37(72)17-70-43(23)54-67-36(22-87-54)51-63-32(18-84-51)41-28(12-13-29(60-41)50-64-33(19-85-50)45(58)76)49-65-34(20-83-49)46(77)61-30(15-38(57)73)52-69-40(24(2)88-52)48(79)68-42(44(26-6-4-3-5-7-26)82-56(81)59-16-39(74)75)53-66-35(21-86-53)47(78)62-31(55(70)80)14-25-8-10-27(71)11-9-25/h3-13,18-23,30-31,37,42-44,71-72H,14-17H2,1-2H3,(H2,57,73)(H2,58,76)(H,59,81)(H,61,77)(H,62,78)(H,68,79)(H,74,75)/t23-,30-,31?,37-,42-,43-,44+/m0/s1. The summed E-state index contributed by atoms with van der Waals surface area (Å²) in [5.41, 5.74) is 13.7. The van der Waals surface area contributed by atoms with Crippen LogP contribution in [0.5, 0.6) is 5.75 Å². The van der Waals surface area contributed by atoms with E-state index in [1.807, 2.05) is 0 Å². The van der Waals surface area contributed by atoms with Crippen LogP contribution in [0.1, 0.15) is 111 Å². The number of carboxylic acid groups (broad SMARTS) is 1. The van der Waals surface area contributed by atoms with E-state index in [0.717, 1.165) is 45.3 Å². The van der Waals surface area contributed by atoms with Crippen LogP contribution in [0.2, 0.25) is 0 Å². The van der Waals surface area contributed by atoms with Crippen LogP contribution >= 0.6 is 68.0 Å². The highest BCUT2D eigenvalue weighted by Gasteiger charge is 2.46. The SMILES string of the molecule is Cc1sc2nc1C(=O)N[C@@H]([C@H](OC(=O)NCC(=O)O)c1ccccc1)c1nc(cs1)C(=O)NC(Cc1ccc(O)cc1)C(=O)N1C[C@H](O)[C@H](C)[C@H]1c1nc(cs1)-c1nc(cs1)-c1nc(-c3nc(C(N)=O)cs3)ccc1-c1nc(cs1)C(=O)N[C@H]2CC(N)=O. The number of aromatic hydroxyl groups is 1. The molecule has 450 valence electrons. The van der Waals surface area contributed by atoms with E-state index in [1.54, 1.807) is 79.2 Å². The smallest absolute Gasteiger partial charge is 0.408 e. The summed E-state index contributed by atoms with van der Waals surface area (Å²) in [5.74, 6) is -6.54. The molecule has 7 atom stereocenters. The molecule has 0 spiro atoms. The number of aliphatic hydroxyl groups excluding tert-OH is 1. The van der Waals surface area contributed by atoms with Gasteiger partial charge in [-0.05, 0) is 42.3 Å². The summed E-state index contributed by atoms with van der Waals surface area (Å²) in [6.45, 7) is 2.40. The first-order valence-corrected chi connectivity index (χ1v) is 31.7. The predicted octanol–water partition coefficient (Wildman–Crippen LogP) is 6.21. The summed E-state index contributed by atoms with van der Waals surface area (Å²) in [6, 6.07) is 12.8. The van der Waals surface area contributed by atoms with Crippen molar-refractivity contribution in [3.8, 4) is 49.1 Å². The van der Waals surface area contributed by atoms with Gasteiger partial charge in [-0.3, -0.25) is 33.6 Å². The van der Waals surface area contributed by atoms with Crippen molar-refractivity contribution in [1.29, 1.82) is 0 Å². The number of amides is 7. The van der Waals surface area contributed by atoms with Crippen LogP contribution in [0.25, 0.3) is 43.4 Å². The van der Waals surface area contributed by atoms with Crippen LogP contribution in [-0.2, 0) is 25.5 Å². The molecule has 2 aromatic carbocycles. The summed E-state index contributed by atoms with van der Waals surface area (Å²) in [5, 5.41) is 51.4. The zero-order chi connectivity index (χ0) is 62.1. The number of carboxylic acids is 1. The molecular formula is C56H48N14O12S6. The Hall–Kier alpha value is -9.31. The Morgan fingerprint density at radius 3 is 2.07 bits per heavy atom. The molecule has 0 saturated carbocycles. The van der Waals surface area contributed by atoms with Gasteiger partial charge in [0.15, 0.2) is 6.10 Å². The number of aliphatic carboxylic acids is 1. The average Bonchev–Trinajstić information content (AvgIpc) is 1.77. The Kier molecular flexibility index (Phi) is 17.5. The van der Waals surface area contributed by atoms with Gasteiger partial charge in [-0.2, -0.15) is 0 Å². The number of alkyl carbamates (subject to hydrolysis) is 1. The fraction of sp³-hybridized carbons (Fsp3) is 0.232. The second-order valence-corrected chi connectivity index (χ2v) is 25.6. The molecule has 1 saturated heterocycles. The first-order valence-electron chi connectivity index (χ1n) is 26.5. The van der Waals surface area contributed by atoms with Crippen molar-refractivity contribution >= 4 is 116 Å². The Labute approximate surface area is 521 Å².